The Morgan fingerprint density at radius 3 is 2.62 bits per heavy atom. The Bertz CT molecular complexity index is 456. The maximum absolute atomic E-state index is 12.0. The number of nitrogens with one attached hydrogen (secondary N) is 2. The zero-order chi connectivity index (χ0) is 15.1. The second-order valence-electron chi connectivity index (χ2n) is 5.80. The van der Waals surface area contributed by atoms with E-state index < -0.39 is 0 Å². The van der Waals surface area contributed by atoms with Crippen LogP contribution < -0.4 is 15.4 Å². The molecule has 0 unspecified atom stereocenters. The number of piperidine rings is 1. The largest absolute Gasteiger partial charge is 0.497 e. The maximum atomic E-state index is 12.0. The van der Waals surface area contributed by atoms with Gasteiger partial charge in [0, 0.05) is 11.4 Å². The van der Waals surface area contributed by atoms with Crippen LogP contribution in [0.25, 0.3) is 0 Å². The Hall–Kier alpha value is -1.20. The predicted molar refractivity (Wildman–Crippen MR) is 86.9 cm³/mol. The van der Waals surface area contributed by atoms with Gasteiger partial charge in [-0.25, -0.2) is 0 Å². The highest BCUT2D eigenvalue weighted by Gasteiger charge is 2.26. The molecule has 1 amide bonds. The van der Waals surface area contributed by atoms with Crippen LogP contribution in [0.3, 0.4) is 0 Å². The highest BCUT2D eigenvalue weighted by molar-refractivity contribution is 8.00. The van der Waals surface area contributed by atoms with Crippen molar-refractivity contribution < 1.29 is 9.53 Å². The zero-order valence-corrected chi connectivity index (χ0v) is 13.6. The molecule has 0 saturated carbocycles. The standard InChI is InChI=1S/C16H24N2O2S/c1-16(7-9-17-10-8-16)12-18-15(19)11-21-14-5-3-13(20-2)4-6-14/h3-6,17H,7-12H2,1-2H3,(H,18,19). The number of thioether (sulfide) groups is 1. The van der Waals surface area contributed by atoms with Crippen LogP contribution in [0.2, 0.25) is 0 Å². The third-order valence-electron chi connectivity index (χ3n) is 3.95. The highest BCUT2D eigenvalue weighted by Crippen LogP contribution is 2.27. The molecule has 1 saturated heterocycles. The number of amides is 1. The van der Waals surface area contributed by atoms with Crippen molar-refractivity contribution >= 4 is 17.7 Å². The highest BCUT2D eigenvalue weighted by atomic mass is 32.2. The molecule has 2 rings (SSSR count). The first-order chi connectivity index (χ1) is 10.1. The van der Waals surface area contributed by atoms with Gasteiger partial charge in [0.25, 0.3) is 0 Å². The lowest BCUT2D eigenvalue weighted by molar-refractivity contribution is -0.119. The second-order valence-corrected chi connectivity index (χ2v) is 6.85. The summed E-state index contributed by atoms with van der Waals surface area (Å²) in [6.07, 6.45) is 2.25. The van der Waals surface area contributed by atoms with Crippen LogP contribution >= 0.6 is 11.8 Å². The van der Waals surface area contributed by atoms with E-state index in [2.05, 4.69) is 17.6 Å². The van der Waals surface area contributed by atoms with E-state index in [0.717, 1.165) is 43.1 Å². The van der Waals surface area contributed by atoms with Crippen LogP contribution in [-0.2, 0) is 4.79 Å². The van der Waals surface area contributed by atoms with E-state index in [4.69, 9.17) is 4.74 Å². The molecule has 21 heavy (non-hydrogen) atoms. The zero-order valence-electron chi connectivity index (χ0n) is 12.8. The van der Waals surface area contributed by atoms with Gasteiger partial charge in [0.1, 0.15) is 5.75 Å². The van der Waals surface area contributed by atoms with Crippen LogP contribution in [0.15, 0.2) is 29.2 Å². The van der Waals surface area contributed by atoms with Gasteiger partial charge in [-0.2, -0.15) is 0 Å². The van der Waals surface area contributed by atoms with Crippen molar-refractivity contribution in [1.82, 2.24) is 10.6 Å². The van der Waals surface area contributed by atoms with Crippen LogP contribution in [0.4, 0.5) is 0 Å². The number of benzene rings is 1. The molecule has 1 aliphatic heterocycles. The fourth-order valence-corrected chi connectivity index (χ4v) is 3.12. The van der Waals surface area contributed by atoms with E-state index in [1.807, 2.05) is 24.3 Å². The number of carbonyl (C=O) groups excluding carboxylic acids is 1. The van der Waals surface area contributed by atoms with E-state index >= 15 is 0 Å². The topological polar surface area (TPSA) is 50.4 Å². The Morgan fingerprint density at radius 1 is 1.33 bits per heavy atom. The number of methoxy groups -OCH3 is 1. The Labute approximate surface area is 131 Å². The maximum Gasteiger partial charge on any atom is 0.230 e. The molecular formula is C16H24N2O2S. The lowest BCUT2D eigenvalue weighted by atomic mass is 9.81. The van der Waals surface area contributed by atoms with Gasteiger partial charge in [-0.1, -0.05) is 6.92 Å². The first-order valence-electron chi connectivity index (χ1n) is 7.36. The quantitative estimate of drug-likeness (QED) is 0.792. The summed E-state index contributed by atoms with van der Waals surface area (Å²) in [6.45, 7) is 5.13. The van der Waals surface area contributed by atoms with E-state index in [1.54, 1.807) is 18.9 Å². The van der Waals surface area contributed by atoms with E-state index in [9.17, 15) is 4.79 Å². The van der Waals surface area contributed by atoms with Gasteiger partial charge < -0.3 is 15.4 Å². The molecule has 116 valence electrons. The van der Waals surface area contributed by atoms with Crippen molar-refractivity contribution in [3.8, 4) is 5.75 Å². The minimum atomic E-state index is 0.107. The van der Waals surface area contributed by atoms with Crippen LogP contribution in [0.5, 0.6) is 5.75 Å². The van der Waals surface area contributed by atoms with Crippen molar-refractivity contribution in [2.75, 3.05) is 32.5 Å². The predicted octanol–water partition coefficient (Wildman–Crippen LogP) is 2.29. The van der Waals surface area contributed by atoms with Gasteiger partial charge in [0.05, 0.1) is 12.9 Å². The third-order valence-corrected chi connectivity index (χ3v) is 4.96. The number of rotatable bonds is 6. The van der Waals surface area contributed by atoms with Gasteiger partial charge in [-0.15, -0.1) is 11.8 Å². The molecule has 4 nitrogen and oxygen atoms in total. The summed E-state index contributed by atoms with van der Waals surface area (Å²) in [6, 6.07) is 7.78. The summed E-state index contributed by atoms with van der Waals surface area (Å²) < 4.78 is 5.12. The molecular weight excluding hydrogens is 284 g/mol. The SMILES string of the molecule is COc1ccc(SCC(=O)NCC2(C)CCNCC2)cc1. The van der Waals surface area contributed by atoms with Crippen molar-refractivity contribution in [2.45, 2.75) is 24.7 Å². The van der Waals surface area contributed by atoms with E-state index in [1.165, 1.54) is 0 Å². The molecule has 1 aromatic carbocycles. The summed E-state index contributed by atoms with van der Waals surface area (Å²) in [5.41, 5.74) is 0.242. The molecule has 5 heteroatoms. The number of hydrogen-bond donors (Lipinski definition) is 2. The normalized spacial score (nSPS) is 17.2. The molecule has 0 aromatic heterocycles. The molecule has 2 N–H and O–H groups in total. The smallest absolute Gasteiger partial charge is 0.230 e. The second kappa shape index (κ2) is 7.71. The van der Waals surface area contributed by atoms with Gasteiger partial charge in [0.15, 0.2) is 0 Å². The van der Waals surface area contributed by atoms with Crippen LogP contribution in [-0.4, -0.2) is 38.4 Å². The summed E-state index contributed by atoms with van der Waals surface area (Å²) in [5.74, 6) is 1.40. The molecule has 0 radical (unpaired) electrons. The molecule has 0 atom stereocenters. The summed E-state index contributed by atoms with van der Waals surface area (Å²) in [5, 5.41) is 6.43. The van der Waals surface area contributed by atoms with Crippen LogP contribution in [0, 0.1) is 5.41 Å². The molecule has 1 fully saturated rings. The van der Waals surface area contributed by atoms with Gasteiger partial charge in [-0.05, 0) is 55.6 Å². The Kier molecular flexibility index (Phi) is 5.94. The minimum Gasteiger partial charge on any atom is -0.497 e. The van der Waals surface area contributed by atoms with Gasteiger partial charge in [-0.3, -0.25) is 4.79 Å². The Morgan fingerprint density at radius 2 is 2.00 bits per heavy atom. The molecule has 0 aliphatic carbocycles. The monoisotopic (exact) mass is 308 g/mol. The lowest BCUT2D eigenvalue weighted by Gasteiger charge is -2.34. The summed E-state index contributed by atoms with van der Waals surface area (Å²) in [4.78, 5) is 13.0. The molecule has 1 aromatic rings. The number of carbonyl (C=O) groups is 1. The van der Waals surface area contributed by atoms with Crippen LogP contribution in [0.1, 0.15) is 19.8 Å². The average Bonchev–Trinajstić information content (AvgIpc) is 2.52. The summed E-state index contributed by atoms with van der Waals surface area (Å²) >= 11 is 1.55. The summed E-state index contributed by atoms with van der Waals surface area (Å²) in [7, 11) is 1.65. The Balaban J connectivity index is 1.71. The van der Waals surface area contributed by atoms with Crippen molar-refractivity contribution in [2.24, 2.45) is 5.41 Å². The fraction of sp³-hybridized carbons (Fsp3) is 0.562. The lowest BCUT2D eigenvalue weighted by Crippen LogP contribution is -2.43. The average molecular weight is 308 g/mol. The third kappa shape index (κ3) is 5.25. The molecule has 1 aliphatic rings. The van der Waals surface area contributed by atoms with Gasteiger partial charge in [0.2, 0.25) is 5.91 Å². The van der Waals surface area contributed by atoms with Crippen molar-refractivity contribution in [3.63, 3.8) is 0 Å². The molecule has 1 heterocycles. The fourth-order valence-electron chi connectivity index (χ4n) is 2.39. The van der Waals surface area contributed by atoms with E-state index in [-0.39, 0.29) is 11.3 Å². The van der Waals surface area contributed by atoms with Crippen molar-refractivity contribution in [3.05, 3.63) is 24.3 Å². The number of ether oxygens (including phenoxy) is 1. The number of hydrogen-bond acceptors (Lipinski definition) is 4. The van der Waals surface area contributed by atoms with Gasteiger partial charge >= 0.3 is 0 Å². The minimum absolute atomic E-state index is 0.107. The first-order valence-corrected chi connectivity index (χ1v) is 8.34. The molecule has 0 bridgehead atoms. The van der Waals surface area contributed by atoms with Crippen molar-refractivity contribution in [1.29, 1.82) is 0 Å². The first kappa shape index (κ1) is 16.2. The van der Waals surface area contributed by atoms with E-state index in [0.29, 0.717) is 5.75 Å². The molecule has 0 spiro atoms.